The van der Waals surface area contributed by atoms with E-state index in [1.807, 2.05) is 26.0 Å². The van der Waals surface area contributed by atoms with E-state index in [-0.39, 0.29) is 140 Å². The molecule has 0 spiro atoms. The maximum atomic E-state index is 13.5. The molecule has 10 amide bonds. The number of nitrogens with one attached hydrogen (secondary N) is 12. The number of aryl methyl sites for hydroxylation is 7. The van der Waals surface area contributed by atoms with E-state index in [0.717, 1.165) is 26.6 Å². The minimum Gasteiger partial charge on any atom is -0.491 e. The van der Waals surface area contributed by atoms with Gasteiger partial charge in [-0.05, 0) is 74.9 Å². The lowest BCUT2D eigenvalue weighted by Crippen LogP contribution is -2.41. The van der Waals surface area contributed by atoms with Gasteiger partial charge in [-0.2, -0.15) is 0 Å². The van der Waals surface area contributed by atoms with E-state index in [1.54, 1.807) is 93.4 Å². The maximum Gasteiger partial charge on any atom is 0.292 e. The maximum absolute atomic E-state index is 13.5. The van der Waals surface area contributed by atoms with Gasteiger partial charge in [-0.1, -0.05) is 23.7 Å². The zero-order valence-corrected chi connectivity index (χ0v) is 76.4. The summed E-state index contributed by atoms with van der Waals surface area (Å²) in [7, 11) is 9.52. The van der Waals surface area contributed by atoms with Crippen LogP contribution in [0.15, 0.2) is 109 Å². The molecule has 132 heavy (non-hydrogen) atoms. The van der Waals surface area contributed by atoms with Crippen molar-refractivity contribution in [3.8, 4) is 5.75 Å². The Morgan fingerprint density at radius 3 is 1.30 bits per heavy atom. The number of hydrogen-bond donors (Lipinski definition) is 12. The molecule has 44 nitrogen and oxygen atoms in total. The summed E-state index contributed by atoms with van der Waals surface area (Å²) >= 11 is 7.72. The number of imidazole rings is 4. The van der Waals surface area contributed by atoms with Gasteiger partial charge in [0.25, 0.3) is 35.4 Å². The van der Waals surface area contributed by atoms with E-state index in [9.17, 15) is 53.4 Å². The molecule has 46 heteroatoms. The fraction of sp³-hybridized carbons (Fsp3) is 0.430. The van der Waals surface area contributed by atoms with Crippen LogP contribution < -0.4 is 62.8 Å². The van der Waals surface area contributed by atoms with E-state index >= 15 is 0 Å². The molecular formula is C86H111ClN24O20S. The predicted octanol–water partition coefficient (Wildman–Crippen LogP) is 5.40. The molecule has 0 fully saturated rings. The van der Waals surface area contributed by atoms with E-state index in [4.69, 9.17) is 69.4 Å². The van der Waals surface area contributed by atoms with Crippen LogP contribution >= 0.6 is 22.9 Å². The highest BCUT2D eigenvalue weighted by Gasteiger charge is 2.36. The van der Waals surface area contributed by atoms with Crippen molar-refractivity contribution in [3.05, 3.63) is 165 Å². The first-order valence-corrected chi connectivity index (χ1v) is 43.4. The molecular weight excluding hydrogens is 1760 g/mol. The summed E-state index contributed by atoms with van der Waals surface area (Å²) in [6.07, 6.45) is 9.97. The Balaban J connectivity index is 0.467. The molecule has 0 aliphatic carbocycles. The molecule has 2 aromatic carbocycles. The number of aromatic nitrogens is 10. The molecule has 12 N–H and O–H groups in total. The first-order valence-electron chi connectivity index (χ1n) is 42.2. The first-order chi connectivity index (χ1) is 63.6. The summed E-state index contributed by atoms with van der Waals surface area (Å²) < 4.78 is 64.6. The summed E-state index contributed by atoms with van der Waals surface area (Å²) in [5.41, 5.74) is 4.92. The fourth-order valence-corrected chi connectivity index (χ4v) is 14.3. The normalized spacial score (nSPS) is 12.3. The quantitative estimate of drug-likeness (QED) is 0.0129. The largest absolute Gasteiger partial charge is 0.491 e. The summed E-state index contributed by atoms with van der Waals surface area (Å²) in [5, 5.41) is 45.9. The Bertz CT molecular complexity index is 5500. The predicted molar refractivity (Wildman–Crippen MR) is 489 cm³/mol. The summed E-state index contributed by atoms with van der Waals surface area (Å²) in [6.45, 7) is 12.9. The third-order valence-electron chi connectivity index (χ3n) is 19.6. The van der Waals surface area contributed by atoms with E-state index in [1.165, 1.54) is 91.4 Å². The molecule has 7 aromatic heterocycles. The zero-order chi connectivity index (χ0) is 94.6. The van der Waals surface area contributed by atoms with Crippen LogP contribution in [0.25, 0.3) is 0 Å². The SMILES string of the molecule is CC(=N)N1C(=N)[C@H](CC(=O)Nc2ccc(OCCOCCOCCOCCOCCOCCOCCOCCOCCOCCNC(=O)CCNC(=O)c3cc(NC(=O)c4nc(NC(=O)CCNC(=O)c5nc(NC(=O)c6nc(NC(=O)CCNC(=O)c7cc(NC(=O)c8nccn8C)cn7C)cn6C)cn5C)cn4C)cn3C)cc2)N=C(c2ccc(Cl)cc2)c2c1sc(C)c2C. The van der Waals surface area contributed by atoms with E-state index in [0.29, 0.717) is 147 Å². The third kappa shape index (κ3) is 31.0. The fourth-order valence-electron chi connectivity index (χ4n) is 12.9. The van der Waals surface area contributed by atoms with Crippen LogP contribution in [-0.2, 0) is 104 Å². The summed E-state index contributed by atoms with van der Waals surface area (Å²) in [6, 6.07) is 16.4. The van der Waals surface area contributed by atoms with E-state index in [2.05, 4.69) is 73.1 Å². The Morgan fingerprint density at radius 1 is 0.432 bits per heavy atom. The summed E-state index contributed by atoms with van der Waals surface area (Å²) in [5.74, 6) is -4.30. The van der Waals surface area contributed by atoms with Crippen molar-refractivity contribution in [1.82, 2.24) is 68.6 Å². The van der Waals surface area contributed by atoms with Gasteiger partial charge in [-0.15, -0.1) is 11.3 Å². The minimum atomic E-state index is -0.859. The molecule has 0 unspecified atom stereocenters. The molecule has 0 bridgehead atoms. The number of fused-ring (bicyclic) bond motifs is 1. The highest BCUT2D eigenvalue weighted by molar-refractivity contribution is 7.17. The van der Waals surface area contributed by atoms with Crippen molar-refractivity contribution in [3.63, 3.8) is 0 Å². The molecule has 1 atom stereocenters. The van der Waals surface area contributed by atoms with Gasteiger partial charge in [0.2, 0.25) is 41.1 Å². The average molecular weight is 1870 g/mol. The number of benzene rings is 2. The van der Waals surface area contributed by atoms with Gasteiger partial charge in [0, 0.05) is 158 Å². The van der Waals surface area contributed by atoms with Gasteiger partial charge in [0.05, 0.1) is 142 Å². The first kappa shape index (κ1) is 101. The molecule has 0 saturated carbocycles. The average Bonchev–Trinajstić information content (AvgIpc) is 1.60. The number of ether oxygens (including phenoxy) is 10. The van der Waals surface area contributed by atoms with Crippen LogP contribution in [0.4, 0.5) is 39.5 Å². The van der Waals surface area contributed by atoms with Crippen molar-refractivity contribution in [2.24, 2.45) is 47.3 Å². The standard InChI is InChI=1S/C86H111ClN24O20S/c1-54-55(2)132-86-73(54)74(57-10-12-58(87)13-11-57)98-63(75(89)111(86)56(3)88)48-72(115)95-59-14-16-62(17-15-59)131-45-44-130-43-42-129-41-40-128-39-38-127-37-36-126-35-34-125-33-32-124-31-30-123-29-28-122-27-25-90-69(112)18-21-92-80(116)65-47-61(50-107(65)6)97-84(120)78-101-66(51-109(78)8)99-71(114)20-23-94-82(118)77-103-68(53-108(77)7)104-85(121)79-102-67(52-110(79)9)100-70(113)19-22-93-81(117)64-46-60(49-106(64)5)96-83(119)76-91-24-26-105(76)4/h10-17,24,26,46-47,49-53,63,88-89H,18-23,25,27-45,48H2,1-9H3,(H,90,112)(H,92,116)(H,93,117)(H,94,118)(H,95,115)(H,96,119)(H,97,120)(H,99,114)(H,100,113)(H,104,121)/t63-/m0/s1. The van der Waals surface area contributed by atoms with Crippen molar-refractivity contribution in [1.29, 1.82) is 10.8 Å². The highest BCUT2D eigenvalue weighted by atomic mass is 35.5. The lowest BCUT2D eigenvalue weighted by atomic mass is 9.99. The van der Waals surface area contributed by atoms with Crippen molar-refractivity contribution in [2.45, 2.75) is 52.5 Å². The third-order valence-corrected chi connectivity index (χ3v) is 21.0. The number of aliphatic imine (C=N–C) groups is 1. The smallest absolute Gasteiger partial charge is 0.292 e. The van der Waals surface area contributed by atoms with Crippen LogP contribution in [0, 0.1) is 24.7 Å². The van der Waals surface area contributed by atoms with Crippen LogP contribution in [-0.4, -0.2) is 282 Å². The van der Waals surface area contributed by atoms with Gasteiger partial charge < -0.3 is 128 Å². The van der Waals surface area contributed by atoms with Gasteiger partial charge in [-0.25, -0.2) is 19.9 Å². The Kier molecular flexibility index (Phi) is 39.3. The van der Waals surface area contributed by atoms with E-state index < -0.39 is 53.3 Å². The number of amides is 10. The number of anilines is 7. The number of hydrogen-bond acceptors (Lipinski definition) is 28. The highest BCUT2D eigenvalue weighted by Crippen LogP contribution is 2.40. The number of thiophene rings is 1. The van der Waals surface area contributed by atoms with Gasteiger partial charge in [0.1, 0.15) is 46.5 Å². The lowest BCUT2D eigenvalue weighted by molar-refractivity contribution is -0.121. The second kappa shape index (κ2) is 51.4. The molecule has 0 radical (unpaired) electrons. The van der Waals surface area contributed by atoms with Crippen molar-refractivity contribution < 1.29 is 95.3 Å². The summed E-state index contributed by atoms with van der Waals surface area (Å²) in [4.78, 5) is 154. The molecule has 708 valence electrons. The number of rotatable bonds is 55. The van der Waals surface area contributed by atoms with Crippen LogP contribution in [0.2, 0.25) is 5.02 Å². The molecule has 8 heterocycles. The number of amidine groups is 2. The van der Waals surface area contributed by atoms with Gasteiger partial charge in [-0.3, -0.25) is 68.7 Å². The van der Waals surface area contributed by atoms with Crippen LogP contribution in [0.5, 0.6) is 5.75 Å². The molecule has 0 saturated heterocycles. The molecule has 10 rings (SSSR count). The molecule has 1 aliphatic heterocycles. The second-order valence-corrected chi connectivity index (χ2v) is 31.4. The number of halogens is 1. The Labute approximate surface area is 769 Å². The zero-order valence-electron chi connectivity index (χ0n) is 74.8. The minimum absolute atomic E-state index is 0.000226. The van der Waals surface area contributed by atoms with Crippen molar-refractivity contribution >= 4 is 139 Å². The topological polar surface area (TPSA) is 528 Å². The molecule has 1 aliphatic rings. The number of carbonyl (C=O) groups excluding carboxylic acids is 10. The second-order valence-electron chi connectivity index (χ2n) is 29.7. The van der Waals surface area contributed by atoms with Crippen LogP contribution in [0.3, 0.4) is 0 Å². The number of nitrogens with zero attached hydrogens (tertiary/aromatic N) is 12. The Hall–Kier alpha value is -13.2. The van der Waals surface area contributed by atoms with Crippen LogP contribution in [0.1, 0.15) is 118 Å². The Morgan fingerprint density at radius 2 is 0.848 bits per heavy atom. The lowest BCUT2D eigenvalue weighted by Gasteiger charge is -2.24. The van der Waals surface area contributed by atoms with Gasteiger partial charge >= 0.3 is 0 Å². The van der Waals surface area contributed by atoms with Crippen molar-refractivity contribution in [2.75, 3.05) is 189 Å². The van der Waals surface area contributed by atoms with Gasteiger partial charge in [0.15, 0.2) is 23.3 Å². The number of carbonyl (C=O) groups is 10. The monoisotopic (exact) mass is 1870 g/mol. The molecule has 9 aromatic rings.